The number of amides is 1. The second kappa shape index (κ2) is 22.4. The van der Waals surface area contributed by atoms with E-state index in [-0.39, 0.29) is 57.7 Å². The van der Waals surface area contributed by atoms with Crippen molar-refractivity contribution in [2.75, 3.05) is 33.5 Å². The molecule has 18 nitrogen and oxygen atoms in total. The minimum Gasteiger partial charge on any atom is -0.427 e. The fraction of sp³-hybridized carbons (Fsp3) is 0.591. The Balaban J connectivity index is 0.00000129. The Labute approximate surface area is 228 Å². The van der Waals surface area contributed by atoms with Crippen LogP contribution < -0.4 is 10.1 Å². The molecule has 1 amide bonds. The third-order valence-corrected chi connectivity index (χ3v) is 4.53. The highest BCUT2D eigenvalue weighted by molar-refractivity contribution is 5.79. The topological polar surface area (TPSA) is 239 Å². The number of nitrogens with zero attached hydrogens (tertiary/aromatic N) is 3. The van der Waals surface area contributed by atoms with Gasteiger partial charge in [-0.05, 0) is 49.8 Å². The van der Waals surface area contributed by atoms with Gasteiger partial charge in [0, 0.05) is 26.6 Å². The molecule has 18 heteroatoms. The van der Waals surface area contributed by atoms with E-state index in [0.717, 1.165) is 6.42 Å². The quantitative estimate of drug-likeness (QED) is 0.0543. The lowest BCUT2D eigenvalue weighted by Crippen LogP contribution is -2.37. The van der Waals surface area contributed by atoms with Crippen LogP contribution in [0, 0.1) is 30.3 Å². The van der Waals surface area contributed by atoms with Gasteiger partial charge < -0.3 is 34.1 Å². The Hall–Kier alpha value is -4.61. The van der Waals surface area contributed by atoms with E-state index in [1.54, 1.807) is 19.2 Å². The average molecular weight is 577 g/mol. The molecule has 0 heterocycles. The molecule has 0 aromatic heterocycles. The van der Waals surface area contributed by atoms with E-state index in [4.69, 9.17) is 9.47 Å². The van der Waals surface area contributed by atoms with E-state index in [1.807, 2.05) is 0 Å². The molecule has 1 unspecified atom stereocenters. The number of hydrogen-bond acceptors (Lipinski definition) is 14. The summed E-state index contributed by atoms with van der Waals surface area (Å²) < 4.78 is 9.80. The Morgan fingerprint density at radius 3 is 1.82 bits per heavy atom. The number of carbonyl (C=O) groups is 3. The molecule has 0 fully saturated rings. The summed E-state index contributed by atoms with van der Waals surface area (Å²) in [6.45, 7) is 0.370. The molecule has 0 aliphatic carbocycles. The molecular weight excluding hydrogens is 544 g/mol. The number of methoxy groups -OCH3 is 1. The molecule has 0 radical (unpaired) electrons. The number of esters is 1. The molecule has 1 aromatic carbocycles. The van der Waals surface area contributed by atoms with Crippen molar-refractivity contribution < 1.29 is 53.6 Å². The van der Waals surface area contributed by atoms with Gasteiger partial charge in [-0.15, -0.1) is 30.3 Å². The summed E-state index contributed by atoms with van der Waals surface area (Å²) in [5.74, 6) is -0.754. The molecule has 224 valence electrons. The lowest BCUT2D eigenvalue weighted by Gasteiger charge is -2.13. The number of rotatable bonds is 21. The van der Waals surface area contributed by atoms with Crippen molar-refractivity contribution in [3.05, 3.63) is 60.2 Å². The molecule has 40 heavy (non-hydrogen) atoms. The molecule has 1 aromatic rings. The van der Waals surface area contributed by atoms with Gasteiger partial charge in [-0.25, -0.2) is 0 Å². The maximum Gasteiger partial charge on any atom is 0.311 e. The van der Waals surface area contributed by atoms with Crippen LogP contribution >= 0.6 is 0 Å². The van der Waals surface area contributed by atoms with Crippen molar-refractivity contribution in [3.63, 3.8) is 0 Å². The molecule has 0 saturated heterocycles. The predicted octanol–water partition coefficient (Wildman–Crippen LogP) is 1.42. The molecule has 0 spiro atoms. The van der Waals surface area contributed by atoms with Crippen molar-refractivity contribution in [2.45, 2.75) is 51.0 Å². The molecule has 1 N–H and O–H groups in total. The lowest BCUT2D eigenvalue weighted by atomic mass is 10.1. The second-order valence-electron chi connectivity index (χ2n) is 7.71. The summed E-state index contributed by atoms with van der Waals surface area (Å²) in [5.41, 5.74) is 0.697. The van der Waals surface area contributed by atoms with Crippen molar-refractivity contribution in [1.29, 1.82) is 0 Å². The second-order valence-corrected chi connectivity index (χ2v) is 7.71. The van der Waals surface area contributed by atoms with Crippen LogP contribution in [0.1, 0.15) is 44.1 Å². The Morgan fingerprint density at radius 2 is 1.32 bits per heavy atom. The fourth-order valence-corrected chi connectivity index (χ4v) is 2.76. The van der Waals surface area contributed by atoms with E-state index in [9.17, 15) is 44.7 Å². The molecule has 0 bridgehead atoms. The van der Waals surface area contributed by atoms with Crippen LogP contribution in [0.15, 0.2) is 24.3 Å². The van der Waals surface area contributed by atoms with E-state index in [0.29, 0.717) is 24.9 Å². The summed E-state index contributed by atoms with van der Waals surface area (Å²) in [7, 11) is 1.59. The van der Waals surface area contributed by atoms with Gasteiger partial charge in [-0.1, -0.05) is 12.1 Å². The number of ether oxygens (including phenoxy) is 2. The van der Waals surface area contributed by atoms with Crippen LogP contribution in [0.25, 0.3) is 0 Å². The standard InChI is InChI=1S/C17H21N3O10.C5H11NO4/c21-12-14(18-16(22)3-1-9-28-19(24)25)11-13-5-7-15(8-6-13)30-17(23)4-2-10-29-20(26)27;1-9-4-2-3-5-10-6(7)8/h5-8,12,14H,1-4,9-11H2,(H,18,22);2-5H2,1H3. The highest BCUT2D eigenvalue weighted by Gasteiger charge is 2.13. The van der Waals surface area contributed by atoms with Crippen molar-refractivity contribution in [1.82, 2.24) is 5.32 Å². The lowest BCUT2D eigenvalue weighted by molar-refractivity contribution is -0.757. The normalized spacial score (nSPS) is 10.6. The van der Waals surface area contributed by atoms with Gasteiger partial charge in [-0.2, -0.15) is 0 Å². The van der Waals surface area contributed by atoms with Gasteiger partial charge in [0.05, 0.1) is 25.9 Å². The van der Waals surface area contributed by atoms with Crippen LogP contribution in [0.3, 0.4) is 0 Å². The average Bonchev–Trinajstić information content (AvgIpc) is 2.89. The number of nitrogens with one attached hydrogen (secondary N) is 1. The van der Waals surface area contributed by atoms with Crippen LogP contribution in [0.2, 0.25) is 0 Å². The number of benzene rings is 1. The summed E-state index contributed by atoms with van der Waals surface area (Å²) in [6.07, 6.45) is 2.42. The Morgan fingerprint density at radius 1 is 0.825 bits per heavy atom. The largest absolute Gasteiger partial charge is 0.427 e. The first-order chi connectivity index (χ1) is 19.1. The summed E-state index contributed by atoms with van der Waals surface area (Å²) >= 11 is 0. The third-order valence-electron chi connectivity index (χ3n) is 4.53. The number of unbranched alkanes of at least 4 members (excludes halogenated alkanes) is 1. The van der Waals surface area contributed by atoms with E-state index in [1.165, 1.54) is 12.1 Å². The molecule has 0 aliphatic heterocycles. The predicted molar refractivity (Wildman–Crippen MR) is 132 cm³/mol. The van der Waals surface area contributed by atoms with Crippen molar-refractivity contribution in [3.8, 4) is 5.75 Å². The highest BCUT2D eigenvalue weighted by Crippen LogP contribution is 2.14. The van der Waals surface area contributed by atoms with E-state index in [2.05, 4.69) is 19.8 Å². The van der Waals surface area contributed by atoms with Gasteiger partial charge in [-0.3, -0.25) is 9.59 Å². The van der Waals surface area contributed by atoms with Gasteiger partial charge in [0.1, 0.15) is 12.0 Å². The third kappa shape index (κ3) is 21.5. The van der Waals surface area contributed by atoms with Gasteiger partial charge >= 0.3 is 5.97 Å². The maximum atomic E-state index is 11.8. The van der Waals surface area contributed by atoms with Crippen LogP contribution in [0.5, 0.6) is 5.75 Å². The van der Waals surface area contributed by atoms with Crippen molar-refractivity contribution >= 4 is 18.2 Å². The first-order valence-electron chi connectivity index (χ1n) is 11.9. The molecule has 0 saturated carbocycles. The summed E-state index contributed by atoms with van der Waals surface area (Å²) in [5, 5.41) is 29.4. The van der Waals surface area contributed by atoms with Crippen LogP contribution in [-0.4, -0.2) is 73.0 Å². The minimum absolute atomic E-state index is 0.0280. The monoisotopic (exact) mass is 576 g/mol. The Bertz CT molecular complexity index is 929. The Kier molecular flexibility index (Phi) is 19.8. The van der Waals surface area contributed by atoms with Crippen LogP contribution in [0.4, 0.5) is 0 Å². The number of carbonyl (C=O) groups excluding carboxylic acids is 3. The zero-order valence-corrected chi connectivity index (χ0v) is 21.8. The first-order valence-corrected chi connectivity index (χ1v) is 11.9. The maximum absolute atomic E-state index is 11.8. The smallest absolute Gasteiger partial charge is 0.311 e. The van der Waals surface area contributed by atoms with Crippen LogP contribution in [-0.2, 0) is 40.1 Å². The van der Waals surface area contributed by atoms with Gasteiger partial charge in [0.15, 0.2) is 0 Å². The molecule has 1 atom stereocenters. The zero-order chi connectivity index (χ0) is 30.2. The summed E-state index contributed by atoms with van der Waals surface area (Å²) in [4.78, 5) is 76.5. The van der Waals surface area contributed by atoms with Crippen molar-refractivity contribution in [2.24, 2.45) is 0 Å². The first kappa shape index (κ1) is 35.4. The summed E-state index contributed by atoms with van der Waals surface area (Å²) in [6, 6.07) is 5.47. The number of hydrogen-bond donors (Lipinski definition) is 1. The fourth-order valence-electron chi connectivity index (χ4n) is 2.76. The van der Waals surface area contributed by atoms with Gasteiger partial charge in [0.2, 0.25) is 5.91 Å². The molecule has 1 rings (SSSR count). The molecular formula is C22H32N4O14. The van der Waals surface area contributed by atoms with Gasteiger partial charge in [0.25, 0.3) is 15.3 Å². The number of aldehydes is 1. The minimum atomic E-state index is -0.947. The highest BCUT2D eigenvalue weighted by atomic mass is 17.0. The SMILES string of the molecule is COCCCCO[N+](=O)[O-].O=CC(Cc1ccc(OC(=O)CCCO[N+](=O)[O-])cc1)NC(=O)CCCO[N+](=O)[O-]. The zero-order valence-electron chi connectivity index (χ0n) is 21.8. The van der Waals surface area contributed by atoms with E-state index >= 15 is 0 Å². The van der Waals surface area contributed by atoms with E-state index < -0.39 is 33.2 Å². The molecule has 0 aliphatic rings.